The zero-order chi connectivity index (χ0) is 12.3. The van der Waals surface area contributed by atoms with Crippen LogP contribution in [0.2, 0.25) is 0 Å². The van der Waals surface area contributed by atoms with Gasteiger partial charge in [-0.25, -0.2) is 0 Å². The number of rotatable bonds is 4. The first-order valence-electron chi connectivity index (χ1n) is 5.42. The van der Waals surface area contributed by atoms with Gasteiger partial charge in [-0.1, -0.05) is 20.8 Å². The molecule has 1 heterocycles. The monoisotopic (exact) mass is 241 g/mol. The molecule has 0 radical (unpaired) electrons. The highest BCUT2D eigenvalue weighted by atomic mass is 35.5. The largest absolute Gasteiger partial charge is 0.312 e. The van der Waals surface area contributed by atoms with Gasteiger partial charge >= 0.3 is 0 Å². The Balaban J connectivity index is 3.42. The van der Waals surface area contributed by atoms with Crippen LogP contribution in [0, 0.1) is 0 Å². The van der Waals surface area contributed by atoms with E-state index in [0.29, 0.717) is 6.54 Å². The maximum Gasteiger partial charge on any atom is 0.262 e. The second-order valence-corrected chi connectivity index (χ2v) is 4.40. The molecule has 88 valence electrons. The molecule has 0 amide bonds. The first kappa shape index (κ1) is 13.0. The summed E-state index contributed by atoms with van der Waals surface area (Å²) in [6, 6.07) is 3.32. The smallest absolute Gasteiger partial charge is 0.262 e. The van der Waals surface area contributed by atoms with E-state index in [4.69, 9.17) is 11.6 Å². The number of carbonyl (C=O) groups excluding carboxylic acids is 1. The Morgan fingerprint density at radius 3 is 2.50 bits per heavy atom. The molecule has 0 aliphatic carbocycles. The highest BCUT2D eigenvalue weighted by Crippen LogP contribution is 2.14. The van der Waals surface area contributed by atoms with Crippen molar-refractivity contribution in [1.82, 2.24) is 4.57 Å². The van der Waals surface area contributed by atoms with Gasteiger partial charge in [0.05, 0.1) is 5.56 Å². The summed E-state index contributed by atoms with van der Waals surface area (Å²) in [5.74, 6) is 0.249. The second kappa shape index (κ2) is 5.30. The van der Waals surface area contributed by atoms with Gasteiger partial charge in [-0.3, -0.25) is 9.59 Å². The fraction of sp³-hybridized carbons (Fsp3) is 0.500. The molecule has 0 aliphatic heterocycles. The van der Waals surface area contributed by atoms with Crippen LogP contribution in [0.1, 0.15) is 49.2 Å². The minimum Gasteiger partial charge on any atom is -0.312 e. The number of hydrogen-bond donors (Lipinski definition) is 0. The lowest BCUT2D eigenvalue weighted by Gasteiger charge is -2.15. The Labute approximate surface area is 100 Å². The lowest BCUT2D eigenvalue weighted by Crippen LogP contribution is -2.28. The number of carbonyl (C=O) groups is 1. The van der Waals surface area contributed by atoms with Gasteiger partial charge in [-0.2, -0.15) is 0 Å². The molecule has 1 aromatic rings. The summed E-state index contributed by atoms with van der Waals surface area (Å²) < 4.78 is 1.64. The third kappa shape index (κ3) is 2.53. The second-order valence-electron chi connectivity index (χ2n) is 4.06. The normalized spacial score (nSPS) is 10.8. The van der Waals surface area contributed by atoms with Crippen LogP contribution in [0.3, 0.4) is 0 Å². The van der Waals surface area contributed by atoms with Crippen LogP contribution in [-0.2, 0) is 6.54 Å². The molecule has 0 spiro atoms. The van der Waals surface area contributed by atoms with Crippen molar-refractivity contribution in [3.05, 3.63) is 33.7 Å². The third-order valence-corrected chi connectivity index (χ3v) is 2.66. The molecule has 0 aliphatic rings. The zero-order valence-electron chi connectivity index (χ0n) is 9.79. The van der Waals surface area contributed by atoms with Gasteiger partial charge < -0.3 is 4.57 Å². The number of halogens is 1. The van der Waals surface area contributed by atoms with Crippen molar-refractivity contribution in [2.45, 2.75) is 39.7 Å². The van der Waals surface area contributed by atoms with Crippen LogP contribution in [0.5, 0.6) is 0 Å². The van der Waals surface area contributed by atoms with Crippen molar-refractivity contribution in [2.24, 2.45) is 0 Å². The standard InChI is InChI=1S/C12H16ClNO2/c1-4-7-14-10(8(2)3)6-5-9(11(13)15)12(14)16/h5-6,8H,4,7H2,1-3H3. The summed E-state index contributed by atoms with van der Waals surface area (Å²) in [5, 5.41) is -0.690. The van der Waals surface area contributed by atoms with Crippen LogP contribution in [0.25, 0.3) is 0 Å². The Bertz CT molecular complexity index is 449. The number of hydrogen-bond acceptors (Lipinski definition) is 2. The van der Waals surface area contributed by atoms with Gasteiger partial charge in [0.25, 0.3) is 10.8 Å². The van der Waals surface area contributed by atoms with Gasteiger partial charge in [-0.15, -0.1) is 0 Å². The first-order valence-corrected chi connectivity index (χ1v) is 5.80. The van der Waals surface area contributed by atoms with Crippen molar-refractivity contribution in [1.29, 1.82) is 0 Å². The predicted molar refractivity (Wildman–Crippen MR) is 65.3 cm³/mol. The van der Waals surface area contributed by atoms with Gasteiger partial charge in [0.1, 0.15) is 0 Å². The van der Waals surface area contributed by atoms with Gasteiger partial charge in [-0.05, 0) is 36.1 Å². The summed E-state index contributed by atoms with van der Waals surface area (Å²) in [7, 11) is 0. The van der Waals surface area contributed by atoms with Gasteiger partial charge in [0.15, 0.2) is 0 Å². The van der Waals surface area contributed by atoms with Crippen molar-refractivity contribution < 1.29 is 4.79 Å². The van der Waals surface area contributed by atoms with E-state index in [1.165, 1.54) is 6.07 Å². The average Bonchev–Trinajstić information content (AvgIpc) is 2.20. The molecule has 3 nitrogen and oxygen atoms in total. The molecule has 0 atom stereocenters. The molecule has 0 saturated heterocycles. The quantitative estimate of drug-likeness (QED) is 0.761. The first-order chi connectivity index (χ1) is 7.49. The number of pyridine rings is 1. The van der Waals surface area contributed by atoms with E-state index in [1.54, 1.807) is 10.6 Å². The van der Waals surface area contributed by atoms with Crippen LogP contribution < -0.4 is 5.56 Å². The minimum absolute atomic E-state index is 0.0551. The third-order valence-electron chi connectivity index (χ3n) is 2.46. The number of aromatic nitrogens is 1. The van der Waals surface area contributed by atoms with E-state index in [-0.39, 0.29) is 17.0 Å². The molecule has 0 N–H and O–H groups in total. The minimum atomic E-state index is -0.690. The predicted octanol–water partition coefficient (Wildman–Crippen LogP) is 2.76. The van der Waals surface area contributed by atoms with Crippen molar-refractivity contribution in [3.8, 4) is 0 Å². The van der Waals surface area contributed by atoms with Crippen molar-refractivity contribution >= 4 is 16.8 Å². The van der Waals surface area contributed by atoms with Crippen LogP contribution >= 0.6 is 11.6 Å². The molecule has 0 fully saturated rings. The molecule has 0 unspecified atom stereocenters. The van der Waals surface area contributed by atoms with Crippen LogP contribution in [0.4, 0.5) is 0 Å². The number of nitrogens with zero attached hydrogens (tertiary/aromatic N) is 1. The average molecular weight is 242 g/mol. The summed E-state index contributed by atoms with van der Waals surface area (Å²) in [4.78, 5) is 23.0. The molecular weight excluding hydrogens is 226 g/mol. The zero-order valence-corrected chi connectivity index (χ0v) is 10.5. The summed E-state index contributed by atoms with van der Waals surface area (Å²) in [5.41, 5.74) is 0.709. The summed E-state index contributed by atoms with van der Waals surface area (Å²) >= 11 is 5.36. The topological polar surface area (TPSA) is 39.1 Å². The summed E-state index contributed by atoms with van der Waals surface area (Å²) in [6.07, 6.45) is 0.847. The molecule has 0 aromatic carbocycles. The highest BCUT2D eigenvalue weighted by molar-refractivity contribution is 6.67. The SMILES string of the molecule is CCCn1c(C(C)C)ccc(C(=O)Cl)c1=O. The fourth-order valence-electron chi connectivity index (χ4n) is 1.70. The van der Waals surface area contributed by atoms with Crippen LogP contribution in [0.15, 0.2) is 16.9 Å². The van der Waals surface area contributed by atoms with E-state index in [2.05, 4.69) is 0 Å². The van der Waals surface area contributed by atoms with E-state index in [1.807, 2.05) is 20.8 Å². The Morgan fingerprint density at radius 1 is 1.44 bits per heavy atom. The fourth-order valence-corrected chi connectivity index (χ4v) is 1.84. The van der Waals surface area contributed by atoms with E-state index >= 15 is 0 Å². The van der Waals surface area contributed by atoms with E-state index in [9.17, 15) is 9.59 Å². The molecule has 1 rings (SSSR count). The maximum absolute atomic E-state index is 12.0. The molecule has 1 aromatic heterocycles. The van der Waals surface area contributed by atoms with E-state index < -0.39 is 5.24 Å². The maximum atomic E-state index is 12.0. The lowest BCUT2D eigenvalue weighted by atomic mass is 10.1. The van der Waals surface area contributed by atoms with Crippen LogP contribution in [-0.4, -0.2) is 9.81 Å². The Kier molecular flexibility index (Phi) is 4.30. The Morgan fingerprint density at radius 2 is 2.06 bits per heavy atom. The molecule has 0 bridgehead atoms. The molecule has 16 heavy (non-hydrogen) atoms. The Hall–Kier alpha value is -1.09. The van der Waals surface area contributed by atoms with Gasteiger partial charge in [0.2, 0.25) is 0 Å². The summed E-state index contributed by atoms with van der Waals surface area (Å²) in [6.45, 7) is 6.64. The van der Waals surface area contributed by atoms with Crippen molar-refractivity contribution in [2.75, 3.05) is 0 Å². The highest BCUT2D eigenvalue weighted by Gasteiger charge is 2.14. The van der Waals surface area contributed by atoms with E-state index in [0.717, 1.165) is 12.1 Å². The van der Waals surface area contributed by atoms with Crippen molar-refractivity contribution in [3.63, 3.8) is 0 Å². The van der Waals surface area contributed by atoms with Gasteiger partial charge in [0, 0.05) is 12.2 Å². The lowest BCUT2D eigenvalue weighted by molar-refractivity contribution is 0.107. The molecule has 4 heteroatoms. The molecule has 0 saturated carbocycles. The molecular formula is C12H16ClNO2.